The molecular weight excluding hydrogens is 204 g/mol. The van der Waals surface area contributed by atoms with E-state index in [0.717, 1.165) is 0 Å². The molecule has 0 fully saturated rings. The third kappa shape index (κ3) is 2.37. The number of benzene rings is 1. The molecule has 1 atom stereocenters. The summed E-state index contributed by atoms with van der Waals surface area (Å²) < 4.78 is 0. The zero-order valence-electron chi connectivity index (χ0n) is 7.40. The average Bonchev–Trinajstić information content (AvgIpc) is 2.11. The van der Waals surface area contributed by atoms with Gasteiger partial charge in [-0.25, -0.2) is 0 Å². The first kappa shape index (κ1) is 10.8. The van der Waals surface area contributed by atoms with Crippen molar-refractivity contribution < 1.29 is 9.90 Å². The summed E-state index contributed by atoms with van der Waals surface area (Å²) in [7, 11) is 0. The van der Waals surface area contributed by atoms with Gasteiger partial charge in [0.2, 0.25) is 0 Å². The van der Waals surface area contributed by atoms with Gasteiger partial charge in [0.25, 0.3) is 0 Å². The van der Waals surface area contributed by atoms with Gasteiger partial charge in [-0.3, -0.25) is 4.79 Å². The Labute approximate surface area is 86.5 Å². The Hall–Kier alpha value is -1.26. The molecule has 5 heteroatoms. The molecule has 0 aliphatic heterocycles. The van der Waals surface area contributed by atoms with Gasteiger partial charge in [0.1, 0.15) is 6.04 Å². The maximum Gasteiger partial charge on any atom is 0.320 e. The number of nitrogen functional groups attached to an aromatic ring is 1. The standard InChI is InChI=1S/C9H11ClN2O2/c10-6-2-1-3-7(11)5(6)4-8(12)9(13)14/h1-3,8H,4,11-12H2,(H,13,14)/t8-/m0/s1. The largest absolute Gasteiger partial charge is 0.480 e. The number of aliphatic carboxylic acids is 1. The molecular formula is C9H11ClN2O2. The number of rotatable bonds is 3. The van der Waals surface area contributed by atoms with Crippen molar-refractivity contribution in [2.75, 3.05) is 5.73 Å². The highest BCUT2D eigenvalue weighted by atomic mass is 35.5. The van der Waals surface area contributed by atoms with Crippen LogP contribution in [-0.2, 0) is 11.2 Å². The van der Waals surface area contributed by atoms with Crippen LogP contribution in [0.3, 0.4) is 0 Å². The van der Waals surface area contributed by atoms with E-state index in [0.29, 0.717) is 16.3 Å². The molecule has 0 aliphatic carbocycles. The van der Waals surface area contributed by atoms with E-state index >= 15 is 0 Å². The monoisotopic (exact) mass is 214 g/mol. The van der Waals surface area contributed by atoms with Crippen molar-refractivity contribution in [2.45, 2.75) is 12.5 Å². The van der Waals surface area contributed by atoms with Crippen LogP contribution in [-0.4, -0.2) is 17.1 Å². The number of nitrogens with two attached hydrogens (primary N) is 2. The second kappa shape index (κ2) is 4.30. The fourth-order valence-corrected chi connectivity index (χ4v) is 1.36. The van der Waals surface area contributed by atoms with Gasteiger partial charge in [-0.1, -0.05) is 17.7 Å². The van der Waals surface area contributed by atoms with Gasteiger partial charge in [0, 0.05) is 17.1 Å². The summed E-state index contributed by atoms with van der Waals surface area (Å²) in [5.74, 6) is -1.07. The van der Waals surface area contributed by atoms with E-state index in [4.69, 9.17) is 28.2 Å². The van der Waals surface area contributed by atoms with Gasteiger partial charge in [0.05, 0.1) is 0 Å². The van der Waals surface area contributed by atoms with E-state index in [1.165, 1.54) is 0 Å². The number of hydrogen-bond acceptors (Lipinski definition) is 3. The Morgan fingerprint density at radius 2 is 2.21 bits per heavy atom. The summed E-state index contributed by atoms with van der Waals surface area (Å²) in [6.45, 7) is 0. The minimum atomic E-state index is -1.07. The summed E-state index contributed by atoms with van der Waals surface area (Å²) >= 11 is 5.85. The summed E-state index contributed by atoms with van der Waals surface area (Å²) in [5.41, 5.74) is 12.1. The highest BCUT2D eigenvalue weighted by Crippen LogP contribution is 2.22. The number of hydrogen-bond donors (Lipinski definition) is 3. The van der Waals surface area contributed by atoms with Crippen LogP contribution in [0.1, 0.15) is 5.56 Å². The van der Waals surface area contributed by atoms with Crippen molar-refractivity contribution in [2.24, 2.45) is 5.73 Å². The number of halogens is 1. The molecule has 0 unspecified atom stereocenters. The Balaban J connectivity index is 2.91. The molecule has 5 N–H and O–H groups in total. The van der Waals surface area contributed by atoms with Crippen LogP contribution in [0.2, 0.25) is 5.02 Å². The molecule has 76 valence electrons. The van der Waals surface area contributed by atoms with Gasteiger partial charge in [-0.05, 0) is 17.7 Å². The predicted molar refractivity (Wildman–Crippen MR) is 55.2 cm³/mol. The van der Waals surface area contributed by atoms with Crippen molar-refractivity contribution in [3.63, 3.8) is 0 Å². The Morgan fingerprint density at radius 1 is 1.57 bits per heavy atom. The van der Waals surface area contributed by atoms with Gasteiger partial charge in [-0.2, -0.15) is 0 Å². The first-order valence-corrected chi connectivity index (χ1v) is 4.41. The lowest BCUT2D eigenvalue weighted by Gasteiger charge is -2.10. The van der Waals surface area contributed by atoms with Crippen LogP contribution in [0.5, 0.6) is 0 Å². The van der Waals surface area contributed by atoms with E-state index in [1.54, 1.807) is 18.2 Å². The van der Waals surface area contributed by atoms with E-state index < -0.39 is 12.0 Å². The molecule has 0 amide bonds. The molecule has 0 bridgehead atoms. The molecule has 0 aromatic heterocycles. The maximum atomic E-state index is 10.5. The molecule has 1 aromatic rings. The SMILES string of the molecule is Nc1cccc(Cl)c1C[C@H](N)C(=O)O. The molecule has 0 heterocycles. The minimum Gasteiger partial charge on any atom is -0.480 e. The Morgan fingerprint density at radius 3 is 2.71 bits per heavy atom. The fraction of sp³-hybridized carbons (Fsp3) is 0.222. The first-order chi connectivity index (χ1) is 6.52. The average molecular weight is 215 g/mol. The lowest BCUT2D eigenvalue weighted by atomic mass is 10.0. The molecule has 0 saturated heterocycles. The lowest BCUT2D eigenvalue weighted by molar-refractivity contribution is -0.138. The topological polar surface area (TPSA) is 89.3 Å². The van der Waals surface area contributed by atoms with Gasteiger partial charge in [0.15, 0.2) is 0 Å². The quantitative estimate of drug-likeness (QED) is 0.652. The third-order valence-electron chi connectivity index (χ3n) is 1.90. The van der Waals surface area contributed by atoms with Crippen molar-refractivity contribution in [1.82, 2.24) is 0 Å². The Bertz CT molecular complexity index is 334. The smallest absolute Gasteiger partial charge is 0.320 e. The number of carboxylic acids is 1. The van der Waals surface area contributed by atoms with Crippen LogP contribution in [0.25, 0.3) is 0 Å². The zero-order valence-corrected chi connectivity index (χ0v) is 8.16. The first-order valence-electron chi connectivity index (χ1n) is 4.03. The van der Waals surface area contributed by atoms with Crippen LogP contribution < -0.4 is 11.5 Å². The summed E-state index contributed by atoms with van der Waals surface area (Å²) in [5, 5.41) is 9.06. The molecule has 1 aromatic carbocycles. The molecule has 14 heavy (non-hydrogen) atoms. The fourth-order valence-electron chi connectivity index (χ4n) is 1.10. The van der Waals surface area contributed by atoms with Crippen LogP contribution in [0, 0.1) is 0 Å². The van der Waals surface area contributed by atoms with Crippen LogP contribution in [0.15, 0.2) is 18.2 Å². The van der Waals surface area contributed by atoms with E-state index in [9.17, 15) is 4.79 Å². The van der Waals surface area contributed by atoms with E-state index in [2.05, 4.69) is 0 Å². The summed E-state index contributed by atoms with van der Waals surface area (Å²) in [6, 6.07) is 4.04. The highest BCUT2D eigenvalue weighted by Gasteiger charge is 2.15. The third-order valence-corrected chi connectivity index (χ3v) is 2.25. The minimum absolute atomic E-state index is 0.140. The lowest BCUT2D eigenvalue weighted by Crippen LogP contribution is -2.32. The summed E-state index contributed by atoms with van der Waals surface area (Å²) in [6.07, 6.45) is 0.140. The van der Waals surface area contributed by atoms with Crippen molar-refractivity contribution in [3.8, 4) is 0 Å². The van der Waals surface area contributed by atoms with Crippen molar-refractivity contribution >= 4 is 23.3 Å². The van der Waals surface area contributed by atoms with Crippen LogP contribution >= 0.6 is 11.6 Å². The Kier molecular flexibility index (Phi) is 3.33. The van der Waals surface area contributed by atoms with Gasteiger partial charge in [-0.15, -0.1) is 0 Å². The van der Waals surface area contributed by atoms with Crippen molar-refractivity contribution in [1.29, 1.82) is 0 Å². The zero-order chi connectivity index (χ0) is 10.7. The molecule has 4 nitrogen and oxygen atoms in total. The molecule has 0 spiro atoms. The van der Waals surface area contributed by atoms with Crippen molar-refractivity contribution in [3.05, 3.63) is 28.8 Å². The van der Waals surface area contributed by atoms with E-state index in [1.807, 2.05) is 0 Å². The number of carboxylic acid groups (broad SMARTS) is 1. The molecule has 1 rings (SSSR count). The molecule has 0 saturated carbocycles. The predicted octanol–water partition coefficient (Wildman–Crippen LogP) is 0.877. The summed E-state index contributed by atoms with van der Waals surface area (Å²) in [4.78, 5) is 10.5. The normalized spacial score (nSPS) is 12.4. The highest BCUT2D eigenvalue weighted by molar-refractivity contribution is 6.31. The van der Waals surface area contributed by atoms with Gasteiger partial charge >= 0.3 is 5.97 Å². The number of carbonyl (C=O) groups is 1. The maximum absolute atomic E-state index is 10.5. The molecule has 0 radical (unpaired) electrons. The van der Waals surface area contributed by atoms with Crippen LogP contribution in [0.4, 0.5) is 5.69 Å². The second-order valence-corrected chi connectivity index (χ2v) is 3.36. The number of anilines is 1. The molecule has 0 aliphatic rings. The second-order valence-electron chi connectivity index (χ2n) is 2.96. The van der Waals surface area contributed by atoms with Gasteiger partial charge < -0.3 is 16.6 Å². The van der Waals surface area contributed by atoms with E-state index in [-0.39, 0.29) is 6.42 Å².